The maximum Gasteiger partial charge on any atom is 0.287 e. The van der Waals surface area contributed by atoms with Crippen molar-refractivity contribution in [1.29, 1.82) is 0 Å². The van der Waals surface area contributed by atoms with Crippen LogP contribution < -0.4 is 9.80 Å². The average Bonchev–Trinajstić information content (AvgIpc) is 4.02. The molecule has 2 amide bonds. The summed E-state index contributed by atoms with van der Waals surface area (Å²) in [7, 11) is 0. The maximum atomic E-state index is 14.0. The fourth-order valence-corrected chi connectivity index (χ4v) is 10.1. The number of fused-ring (bicyclic) bond motifs is 4. The summed E-state index contributed by atoms with van der Waals surface area (Å²) in [5, 5.41) is 29.7. The highest BCUT2D eigenvalue weighted by molar-refractivity contribution is 7.14. The van der Waals surface area contributed by atoms with Gasteiger partial charge in [0, 0.05) is 73.2 Å². The molecule has 0 aliphatic carbocycles. The van der Waals surface area contributed by atoms with E-state index in [4.69, 9.17) is 9.97 Å². The second-order valence-electron chi connectivity index (χ2n) is 13.4. The first kappa shape index (κ1) is 31.4. The van der Waals surface area contributed by atoms with Gasteiger partial charge in [0.1, 0.15) is 0 Å². The van der Waals surface area contributed by atoms with E-state index in [2.05, 4.69) is 63.2 Å². The van der Waals surface area contributed by atoms with Gasteiger partial charge in [0.05, 0.1) is 24.5 Å². The van der Waals surface area contributed by atoms with Crippen LogP contribution in [0.25, 0.3) is 11.1 Å². The molecule has 6 aromatic rings. The number of aromatic nitrogens is 10. The Balaban J connectivity index is 0.872. The number of tetrazole rings is 2. The molecule has 10 rings (SSSR count). The monoisotopic (exact) mass is 732 g/mol. The number of hydrogen-bond acceptors (Lipinski definition) is 14. The van der Waals surface area contributed by atoms with Crippen molar-refractivity contribution in [1.82, 2.24) is 61.0 Å². The first-order valence-corrected chi connectivity index (χ1v) is 18.9. The zero-order chi connectivity index (χ0) is 34.8. The Hall–Kier alpha value is -5.30. The minimum atomic E-state index is -0.0563. The van der Waals surface area contributed by atoms with Crippen LogP contribution in [0.4, 0.5) is 11.4 Å². The molecule has 4 aliphatic heterocycles. The first-order valence-electron chi connectivity index (χ1n) is 17.3. The number of aromatic amines is 2. The van der Waals surface area contributed by atoms with Crippen molar-refractivity contribution in [2.75, 3.05) is 36.0 Å². The highest BCUT2D eigenvalue weighted by Crippen LogP contribution is 2.43. The van der Waals surface area contributed by atoms with Gasteiger partial charge in [-0.05, 0) is 47.2 Å². The molecule has 0 spiro atoms. The van der Waals surface area contributed by atoms with E-state index in [1.54, 1.807) is 0 Å². The van der Waals surface area contributed by atoms with Crippen LogP contribution in [0.15, 0.2) is 36.4 Å². The first-order chi connectivity index (χ1) is 25.6. The third-order valence-electron chi connectivity index (χ3n) is 10.3. The molecule has 262 valence electrons. The summed E-state index contributed by atoms with van der Waals surface area (Å²) in [6.45, 7) is 5.47. The molecule has 4 aliphatic rings. The summed E-state index contributed by atoms with van der Waals surface area (Å²) < 4.78 is 0. The van der Waals surface area contributed by atoms with E-state index in [1.807, 2.05) is 34.1 Å². The topological polar surface area (TPSA) is 182 Å². The molecule has 2 N–H and O–H groups in total. The van der Waals surface area contributed by atoms with Gasteiger partial charge in [0.25, 0.3) is 11.8 Å². The molecular formula is C34H32N14O2S2. The van der Waals surface area contributed by atoms with Gasteiger partial charge in [-0.15, -0.1) is 43.1 Å². The van der Waals surface area contributed by atoms with E-state index in [1.165, 1.54) is 22.7 Å². The summed E-state index contributed by atoms with van der Waals surface area (Å²) in [6, 6.07) is 12.4. The number of anilines is 2. The Labute approximate surface area is 304 Å². The summed E-state index contributed by atoms with van der Waals surface area (Å²) in [5.74, 6) is 1.20. The SMILES string of the molecule is O=C(c1nc2c(s1)CN(Cc1nn[nH]n1)CC2)N1CCc2c(-c3cccc4c3CCN4C(=O)c3nc4c(s3)CN(Cc3nn[nH]n3)CC4)cccc21. The number of thiazole rings is 2. The van der Waals surface area contributed by atoms with Crippen LogP contribution in [0.5, 0.6) is 0 Å². The Morgan fingerprint density at radius 2 is 1.12 bits per heavy atom. The largest absolute Gasteiger partial charge is 0.306 e. The van der Waals surface area contributed by atoms with Gasteiger partial charge in [-0.2, -0.15) is 10.4 Å². The molecular weight excluding hydrogens is 701 g/mol. The van der Waals surface area contributed by atoms with Gasteiger partial charge in [0.15, 0.2) is 21.7 Å². The number of benzene rings is 2. The Morgan fingerprint density at radius 1 is 0.635 bits per heavy atom. The fourth-order valence-electron chi connectivity index (χ4n) is 7.87. The average molecular weight is 733 g/mol. The molecule has 4 aromatic heterocycles. The molecule has 0 unspecified atom stereocenters. The van der Waals surface area contributed by atoms with Crippen molar-refractivity contribution in [2.45, 2.75) is 51.9 Å². The smallest absolute Gasteiger partial charge is 0.287 e. The molecule has 0 saturated heterocycles. The van der Waals surface area contributed by atoms with Crippen LogP contribution >= 0.6 is 22.7 Å². The Bertz CT molecular complexity index is 2160. The lowest BCUT2D eigenvalue weighted by molar-refractivity contribution is 0.0981. The van der Waals surface area contributed by atoms with Gasteiger partial charge in [0.2, 0.25) is 0 Å². The second-order valence-corrected chi connectivity index (χ2v) is 15.5. The predicted molar refractivity (Wildman–Crippen MR) is 191 cm³/mol. The number of carbonyl (C=O) groups excluding carboxylic acids is 2. The molecule has 52 heavy (non-hydrogen) atoms. The van der Waals surface area contributed by atoms with Crippen molar-refractivity contribution in [3.8, 4) is 11.1 Å². The van der Waals surface area contributed by atoms with E-state index in [0.29, 0.717) is 60.9 Å². The molecule has 0 fully saturated rings. The number of amides is 2. The number of nitrogens with one attached hydrogen (secondary N) is 2. The molecule has 16 nitrogen and oxygen atoms in total. The quantitative estimate of drug-likeness (QED) is 0.245. The van der Waals surface area contributed by atoms with Crippen LogP contribution in [0, 0.1) is 0 Å². The number of H-pyrrole nitrogens is 2. The van der Waals surface area contributed by atoms with Crippen molar-refractivity contribution in [3.63, 3.8) is 0 Å². The Morgan fingerprint density at radius 3 is 1.56 bits per heavy atom. The lowest BCUT2D eigenvalue weighted by atomic mass is 9.93. The number of nitrogens with zero attached hydrogens (tertiary/aromatic N) is 12. The van der Waals surface area contributed by atoms with Gasteiger partial charge in [-0.25, -0.2) is 9.97 Å². The lowest BCUT2D eigenvalue weighted by Crippen LogP contribution is -2.30. The summed E-state index contributed by atoms with van der Waals surface area (Å²) in [6.07, 6.45) is 3.06. The molecule has 0 atom stereocenters. The summed E-state index contributed by atoms with van der Waals surface area (Å²) in [5.41, 5.74) is 8.40. The van der Waals surface area contributed by atoms with Crippen LogP contribution in [0.3, 0.4) is 0 Å². The van der Waals surface area contributed by atoms with Gasteiger partial charge >= 0.3 is 0 Å². The van der Waals surface area contributed by atoms with Gasteiger partial charge < -0.3 is 9.80 Å². The minimum absolute atomic E-state index is 0.0563. The molecule has 0 radical (unpaired) electrons. The zero-order valence-corrected chi connectivity index (χ0v) is 29.6. The highest BCUT2D eigenvalue weighted by Gasteiger charge is 2.34. The summed E-state index contributed by atoms with van der Waals surface area (Å²) in [4.78, 5) is 48.1. The number of rotatable bonds is 7. The highest BCUT2D eigenvalue weighted by atomic mass is 32.1. The van der Waals surface area contributed by atoms with Crippen molar-refractivity contribution < 1.29 is 9.59 Å². The lowest BCUT2D eigenvalue weighted by Gasteiger charge is -2.24. The molecule has 0 saturated carbocycles. The van der Waals surface area contributed by atoms with Crippen LogP contribution in [-0.2, 0) is 51.9 Å². The predicted octanol–water partition coefficient (Wildman–Crippen LogP) is 2.82. The van der Waals surface area contributed by atoms with Gasteiger partial charge in [-0.3, -0.25) is 19.4 Å². The van der Waals surface area contributed by atoms with Crippen LogP contribution in [0.2, 0.25) is 0 Å². The molecule has 18 heteroatoms. The van der Waals surface area contributed by atoms with E-state index in [-0.39, 0.29) is 11.8 Å². The molecule has 0 bridgehead atoms. The fraction of sp³-hybridized carbons (Fsp3) is 0.353. The van der Waals surface area contributed by atoms with E-state index in [9.17, 15) is 9.59 Å². The normalized spacial score (nSPS) is 16.9. The van der Waals surface area contributed by atoms with Crippen LogP contribution in [0.1, 0.15) is 63.5 Å². The Kier molecular flexibility index (Phi) is 7.69. The van der Waals surface area contributed by atoms with E-state index in [0.717, 1.165) is 93.5 Å². The maximum absolute atomic E-state index is 14.0. The second kappa shape index (κ2) is 12.7. The number of hydrogen-bond donors (Lipinski definition) is 2. The van der Waals surface area contributed by atoms with Gasteiger partial charge in [-0.1, -0.05) is 34.7 Å². The van der Waals surface area contributed by atoms with Crippen LogP contribution in [-0.4, -0.2) is 99.0 Å². The molecule has 8 heterocycles. The third kappa shape index (κ3) is 5.49. The standard InChI is InChI=1S/C34H32N14O2S2/c49-33(31-35-23-9-11-45(15-27(23)51-31)17-29-37-41-42-38-29)47-13-7-21-19(3-1-5-25(21)47)20-4-2-6-26-22(20)8-14-48(26)34(50)32-36-24-10-12-46(16-28(24)52-32)18-30-39-43-44-40-30/h1-6H,7-18H2,(H,37,38,41,42)(H,39,40,43,44). The third-order valence-corrected chi connectivity index (χ3v) is 12.5. The minimum Gasteiger partial charge on any atom is -0.306 e. The van der Waals surface area contributed by atoms with E-state index >= 15 is 0 Å². The van der Waals surface area contributed by atoms with Crippen molar-refractivity contribution >= 4 is 45.9 Å². The van der Waals surface area contributed by atoms with Crippen molar-refractivity contribution in [3.05, 3.63) is 90.3 Å². The number of carbonyl (C=O) groups is 2. The van der Waals surface area contributed by atoms with Crippen molar-refractivity contribution in [2.24, 2.45) is 0 Å². The molecule has 2 aromatic carbocycles. The summed E-state index contributed by atoms with van der Waals surface area (Å²) >= 11 is 2.98. The van der Waals surface area contributed by atoms with E-state index < -0.39 is 0 Å². The zero-order valence-electron chi connectivity index (χ0n) is 27.9.